The highest BCUT2D eigenvalue weighted by Gasteiger charge is 2.24. The summed E-state index contributed by atoms with van der Waals surface area (Å²) in [6, 6.07) is 0. The normalized spacial score (nSPS) is 11.8. The zero-order valence-corrected chi connectivity index (χ0v) is 15.6. The van der Waals surface area contributed by atoms with E-state index < -0.39 is 0 Å². The van der Waals surface area contributed by atoms with Gasteiger partial charge in [0.05, 0.1) is 20.5 Å². The smallest absolute Gasteiger partial charge is 0.165 e. The Kier molecular flexibility index (Phi) is 4.55. The summed E-state index contributed by atoms with van der Waals surface area (Å²) >= 11 is 2.32. The molecule has 2 aromatic rings. The monoisotopic (exact) mass is 399 g/mol. The van der Waals surface area contributed by atoms with Gasteiger partial charge in [-0.15, -0.1) is 0 Å². The molecule has 2 heterocycles. The standard InChI is InChI=1S/C15H22IN5/c1-7-10-9(8-21(6)20-10)13-18-12(15(2,3)4)11(16)14(17-5)19-13/h8H,7H2,1-6H3,(H,17,18,19). The van der Waals surface area contributed by atoms with Crippen molar-refractivity contribution in [3.05, 3.63) is 21.2 Å². The number of rotatable bonds is 3. The van der Waals surface area contributed by atoms with E-state index in [1.54, 1.807) is 0 Å². The predicted molar refractivity (Wildman–Crippen MR) is 94.6 cm³/mol. The molecule has 0 saturated carbocycles. The molecule has 6 heteroatoms. The Morgan fingerprint density at radius 1 is 1.29 bits per heavy atom. The minimum atomic E-state index is -0.0333. The summed E-state index contributed by atoms with van der Waals surface area (Å²) in [4.78, 5) is 9.51. The Bertz CT molecular complexity index is 655. The summed E-state index contributed by atoms with van der Waals surface area (Å²) in [6.07, 6.45) is 2.86. The van der Waals surface area contributed by atoms with Crippen molar-refractivity contribution in [3.8, 4) is 11.4 Å². The Morgan fingerprint density at radius 3 is 2.48 bits per heavy atom. The SMILES string of the molecule is CCc1nn(C)cc1-c1nc(NC)c(I)c(C(C)(C)C)n1. The highest BCUT2D eigenvalue weighted by atomic mass is 127. The fourth-order valence-electron chi connectivity index (χ4n) is 2.21. The van der Waals surface area contributed by atoms with Gasteiger partial charge in [0.1, 0.15) is 5.82 Å². The third-order valence-electron chi connectivity index (χ3n) is 3.28. The molecule has 114 valence electrons. The molecule has 0 atom stereocenters. The van der Waals surface area contributed by atoms with Crippen molar-refractivity contribution in [2.45, 2.75) is 39.5 Å². The van der Waals surface area contributed by atoms with Gasteiger partial charge in [0.25, 0.3) is 0 Å². The third kappa shape index (κ3) is 3.20. The Balaban J connectivity index is 2.69. The number of aryl methyl sites for hydroxylation is 2. The van der Waals surface area contributed by atoms with Crippen molar-refractivity contribution in [1.29, 1.82) is 0 Å². The van der Waals surface area contributed by atoms with Crippen molar-refractivity contribution in [2.24, 2.45) is 7.05 Å². The van der Waals surface area contributed by atoms with Gasteiger partial charge in [-0.05, 0) is 29.0 Å². The summed E-state index contributed by atoms with van der Waals surface area (Å²) in [5, 5.41) is 7.67. The molecule has 0 aliphatic rings. The maximum absolute atomic E-state index is 4.83. The van der Waals surface area contributed by atoms with Gasteiger partial charge in [-0.1, -0.05) is 27.7 Å². The highest BCUT2D eigenvalue weighted by Crippen LogP contribution is 2.32. The van der Waals surface area contributed by atoms with Crippen LogP contribution in [0.25, 0.3) is 11.4 Å². The van der Waals surface area contributed by atoms with Crippen LogP contribution in [0.4, 0.5) is 5.82 Å². The van der Waals surface area contributed by atoms with Crippen LogP contribution in [0.3, 0.4) is 0 Å². The number of anilines is 1. The Morgan fingerprint density at radius 2 is 1.95 bits per heavy atom. The Hall–Kier alpha value is -1.18. The molecular weight excluding hydrogens is 377 g/mol. The first-order valence-corrected chi connectivity index (χ1v) is 8.14. The lowest BCUT2D eigenvalue weighted by Crippen LogP contribution is -2.18. The summed E-state index contributed by atoms with van der Waals surface area (Å²) in [7, 11) is 3.82. The maximum atomic E-state index is 4.83. The molecule has 0 fully saturated rings. The molecule has 0 aliphatic heterocycles. The van der Waals surface area contributed by atoms with E-state index in [0.29, 0.717) is 0 Å². The minimum Gasteiger partial charge on any atom is -0.372 e. The van der Waals surface area contributed by atoms with Crippen LogP contribution in [-0.2, 0) is 18.9 Å². The quantitative estimate of drug-likeness (QED) is 0.805. The Labute approximate surface area is 139 Å². The van der Waals surface area contributed by atoms with E-state index in [4.69, 9.17) is 4.98 Å². The van der Waals surface area contributed by atoms with E-state index >= 15 is 0 Å². The van der Waals surface area contributed by atoms with Gasteiger partial charge in [-0.2, -0.15) is 5.10 Å². The van der Waals surface area contributed by atoms with Crippen LogP contribution < -0.4 is 5.32 Å². The molecule has 0 unspecified atom stereocenters. The van der Waals surface area contributed by atoms with Gasteiger partial charge in [0.2, 0.25) is 0 Å². The lowest BCUT2D eigenvalue weighted by Gasteiger charge is -2.21. The average Bonchev–Trinajstić information content (AvgIpc) is 2.79. The first-order chi connectivity index (χ1) is 9.77. The van der Waals surface area contributed by atoms with E-state index in [1.807, 2.05) is 25.0 Å². The van der Waals surface area contributed by atoms with E-state index in [2.05, 4.69) is 65.7 Å². The molecule has 0 amide bonds. The van der Waals surface area contributed by atoms with Gasteiger partial charge in [-0.3, -0.25) is 4.68 Å². The molecule has 0 spiro atoms. The van der Waals surface area contributed by atoms with Crippen LogP contribution in [-0.4, -0.2) is 26.8 Å². The van der Waals surface area contributed by atoms with Crippen LogP contribution in [0.2, 0.25) is 0 Å². The zero-order valence-electron chi connectivity index (χ0n) is 13.5. The molecule has 2 rings (SSSR count). The zero-order chi connectivity index (χ0) is 15.8. The third-order valence-corrected chi connectivity index (χ3v) is 4.30. The average molecular weight is 399 g/mol. The van der Waals surface area contributed by atoms with Gasteiger partial charge in [-0.25, -0.2) is 9.97 Å². The summed E-state index contributed by atoms with van der Waals surface area (Å²) in [6.45, 7) is 8.61. The number of aromatic nitrogens is 4. The van der Waals surface area contributed by atoms with Gasteiger partial charge in [0.15, 0.2) is 5.82 Å². The molecule has 5 nitrogen and oxygen atoms in total. The summed E-state index contributed by atoms with van der Waals surface area (Å²) in [5.74, 6) is 1.62. The number of nitrogens with one attached hydrogen (secondary N) is 1. The lowest BCUT2D eigenvalue weighted by atomic mass is 9.91. The second kappa shape index (κ2) is 5.90. The van der Waals surface area contributed by atoms with Crippen LogP contribution >= 0.6 is 22.6 Å². The van der Waals surface area contributed by atoms with Crippen molar-refractivity contribution in [3.63, 3.8) is 0 Å². The van der Waals surface area contributed by atoms with Crippen molar-refractivity contribution < 1.29 is 0 Å². The summed E-state index contributed by atoms with van der Waals surface area (Å²) in [5.41, 5.74) is 3.07. The number of nitrogens with zero attached hydrogens (tertiary/aromatic N) is 4. The topological polar surface area (TPSA) is 55.6 Å². The van der Waals surface area contributed by atoms with Crippen molar-refractivity contribution >= 4 is 28.4 Å². The van der Waals surface area contributed by atoms with E-state index in [0.717, 1.165) is 38.6 Å². The molecule has 1 N–H and O–H groups in total. The first kappa shape index (κ1) is 16.2. The summed E-state index contributed by atoms with van der Waals surface area (Å²) < 4.78 is 2.90. The number of hydrogen-bond acceptors (Lipinski definition) is 4. The molecule has 0 saturated heterocycles. The molecule has 0 aromatic carbocycles. The van der Waals surface area contributed by atoms with Crippen LogP contribution in [0, 0.1) is 3.57 Å². The molecule has 21 heavy (non-hydrogen) atoms. The largest absolute Gasteiger partial charge is 0.372 e. The van der Waals surface area contributed by atoms with Crippen LogP contribution in [0.5, 0.6) is 0 Å². The minimum absolute atomic E-state index is 0.0333. The molecular formula is C15H22IN5. The highest BCUT2D eigenvalue weighted by molar-refractivity contribution is 14.1. The number of halogens is 1. The van der Waals surface area contributed by atoms with Crippen molar-refractivity contribution in [2.75, 3.05) is 12.4 Å². The molecule has 2 aromatic heterocycles. The second-order valence-corrected chi connectivity index (χ2v) is 7.15. The number of hydrogen-bond donors (Lipinski definition) is 1. The van der Waals surface area contributed by atoms with Gasteiger partial charge in [0, 0.05) is 25.7 Å². The molecule has 0 radical (unpaired) electrons. The fourth-order valence-corrected chi connectivity index (χ4v) is 3.53. The van der Waals surface area contributed by atoms with Crippen LogP contribution in [0.1, 0.15) is 39.1 Å². The maximum Gasteiger partial charge on any atom is 0.165 e. The van der Waals surface area contributed by atoms with Crippen LogP contribution in [0.15, 0.2) is 6.20 Å². The van der Waals surface area contributed by atoms with Crippen molar-refractivity contribution in [1.82, 2.24) is 19.7 Å². The predicted octanol–water partition coefficient (Wildman–Crippen LogP) is 3.38. The van der Waals surface area contributed by atoms with Gasteiger partial charge < -0.3 is 5.32 Å². The lowest BCUT2D eigenvalue weighted by molar-refractivity contribution is 0.564. The van der Waals surface area contributed by atoms with E-state index in [9.17, 15) is 0 Å². The first-order valence-electron chi connectivity index (χ1n) is 7.06. The fraction of sp³-hybridized carbons (Fsp3) is 0.533. The molecule has 0 aliphatic carbocycles. The molecule has 0 bridgehead atoms. The van der Waals surface area contributed by atoms with E-state index in [-0.39, 0.29) is 5.41 Å². The van der Waals surface area contributed by atoms with E-state index in [1.165, 1.54) is 0 Å². The van der Waals surface area contributed by atoms with Gasteiger partial charge >= 0.3 is 0 Å². The second-order valence-electron chi connectivity index (χ2n) is 6.08.